The third-order valence-electron chi connectivity index (χ3n) is 10.9. The van der Waals surface area contributed by atoms with Crippen molar-refractivity contribution < 1.29 is 4.42 Å². The van der Waals surface area contributed by atoms with Crippen molar-refractivity contribution in [2.45, 2.75) is 19.3 Å². The summed E-state index contributed by atoms with van der Waals surface area (Å²) in [6.07, 6.45) is 7.99. The van der Waals surface area contributed by atoms with Gasteiger partial charge in [0.05, 0.1) is 0 Å². The molecule has 1 aliphatic carbocycles. The largest absolute Gasteiger partial charge is 0.455 e. The number of allylic oxidation sites excluding steroid dienone is 3. The Hall–Kier alpha value is -6.64. The molecule has 53 heavy (non-hydrogen) atoms. The lowest BCUT2D eigenvalue weighted by atomic mass is 9.90. The molecular weight excluding hydrogens is 643 g/mol. The van der Waals surface area contributed by atoms with Gasteiger partial charge in [0.2, 0.25) is 0 Å². The predicted molar refractivity (Wildman–Crippen MR) is 224 cm³/mol. The molecule has 0 amide bonds. The van der Waals surface area contributed by atoms with E-state index in [2.05, 4.69) is 200 Å². The van der Waals surface area contributed by atoms with Crippen molar-refractivity contribution in [3.05, 3.63) is 205 Å². The number of fused-ring (bicyclic) bond motifs is 5. The van der Waals surface area contributed by atoms with E-state index < -0.39 is 0 Å². The van der Waals surface area contributed by atoms with Gasteiger partial charge in [0, 0.05) is 39.3 Å². The number of nitrogens with zero attached hydrogens (tertiary/aromatic N) is 1. The third-order valence-corrected chi connectivity index (χ3v) is 10.9. The van der Waals surface area contributed by atoms with Crippen molar-refractivity contribution in [1.29, 1.82) is 0 Å². The summed E-state index contributed by atoms with van der Waals surface area (Å²) in [5.41, 5.74) is 12.5. The lowest BCUT2D eigenvalue weighted by Crippen LogP contribution is -2.17. The molecule has 0 spiro atoms. The van der Waals surface area contributed by atoms with E-state index in [0.29, 0.717) is 5.92 Å². The van der Waals surface area contributed by atoms with E-state index in [1.807, 2.05) is 0 Å². The minimum absolute atomic E-state index is 0.329. The molecule has 2 nitrogen and oxygen atoms in total. The van der Waals surface area contributed by atoms with Crippen molar-refractivity contribution >= 4 is 54.9 Å². The summed E-state index contributed by atoms with van der Waals surface area (Å²) < 4.78 is 6.52. The van der Waals surface area contributed by atoms with Crippen molar-refractivity contribution in [3.63, 3.8) is 0 Å². The zero-order chi connectivity index (χ0) is 35.3. The van der Waals surface area contributed by atoms with Crippen LogP contribution in [0.15, 0.2) is 198 Å². The fourth-order valence-corrected chi connectivity index (χ4v) is 8.06. The van der Waals surface area contributed by atoms with Gasteiger partial charge in [-0.25, -0.2) is 0 Å². The van der Waals surface area contributed by atoms with E-state index in [-0.39, 0.29) is 0 Å². The second-order valence-corrected chi connectivity index (χ2v) is 14.2. The summed E-state index contributed by atoms with van der Waals surface area (Å²) in [5.74, 6) is 0.329. The number of aryl methyl sites for hydroxylation is 1. The molecule has 1 heterocycles. The van der Waals surface area contributed by atoms with Crippen LogP contribution in [0.2, 0.25) is 0 Å². The minimum atomic E-state index is 0.329. The Labute approximate surface area is 309 Å². The molecule has 1 unspecified atom stereocenters. The molecule has 0 saturated heterocycles. The molecule has 252 valence electrons. The highest BCUT2D eigenvalue weighted by Gasteiger charge is 2.20. The fourth-order valence-electron chi connectivity index (χ4n) is 8.06. The Balaban J connectivity index is 1.01. The maximum absolute atomic E-state index is 6.52. The highest BCUT2D eigenvalue weighted by atomic mass is 16.3. The number of hydrogen-bond acceptors (Lipinski definition) is 2. The minimum Gasteiger partial charge on any atom is -0.455 e. The second-order valence-electron chi connectivity index (χ2n) is 14.2. The van der Waals surface area contributed by atoms with Crippen LogP contribution in [0.3, 0.4) is 0 Å². The maximum atomic E-state index is 6.52. The van der Waals surface area contributed by atoms with Gasteiger partial charge in [0.25, 0.3) is 0 Å². The maximum Gasteiger partial charge on any atom is 0.143 e. The quantitative estimate of drug-likeness (QED) is 0.174. The zero-order valence-corrected chi connectivity index (χ0v) is 29.5. The summed E-state index contributed by atoms with van der Waals surface area (Å²) >= 11 is 0. The van der Waals surface area contributed by atoms with E-state index in [4.69, 9.17) is 4.42 Å². The van der Waals surface area contributed by atoms with Crippen molar-refractivity contribution in [2.75, 3.05) is 4.90 Å². The Morgan fingerprint density at radius 2 is 1.11 bits per heavy atom. The monoisotopic (exact) mass is 679 g/mol. The van der Waals surface area contributed by atoms with Gasteiger partial charge < -0.3 is 9.32 Å². The van der Waals surface area contributed by atoms with E-state index in [9.17, 15) is 0 Å². The van der Waals surface area contributed by atoms with Crippen LogP contribution in [0.5, 0.6) is 0 Å². The molecule has 0 N–H and O–H groups in total. The van der Waals surface area contributed by atoms with Crippen LogP contribution in [0, 0.1) is 6.92 Å². The first-order valence-corrected chi connectivity index (χ1v) is 18.4. The summed E-state index contributed by atoms with van der Waals surface area (Å²) in [5, 5.41) is 7.39. The molecule has 0 radical (unpaired) electrons. The molecule has 9 aromatic rings. The lowest BCUT2D eigenvalue weighted by molar-refractivity contribution is 0.667. The molecule has 0 fully saturated rings. The number of para-hydroxylation sites is 2. The molecule has 8 aromatic carbocycles. The summed E-state index contributed by atoms with van der Waals surface area (Å²) in [4.78, 5) is 2.38. The molecule has 0 saturated carbocycles. The lowest BCUT2D eigenvalue weighted by Gasteiger charge is -2.29. The topological polar surface area (TPSA) is 16.4 Å². The smallest absolute Gasteiger partial charge is 0.143 e. The number of rotatable bonds is 6. The molecule has 10 rings (SSSR count). The van der Waals surface area contributed by atoms with E-state index in [1.54, 1.807) is 0 Å². The molecule has 1 aromatic heterocycles. The fraction of sp³-hybridized carbons (Fsp3) is 0.0588. The van der Waals surface area contributed by atoms with Gasteiger partial charge in [-0.3, -0.25) is 0 Å². The predicted octanol–water partition coefficient (Wildman–Crippen LogP) is 14.3. The number of furan rings is 1. The average Bonchev–Trinajstić information content (AvgIpc) is 3.62. The van der Waals surface area contributed by atoms with Crippen LogP contribution >= 0.6 is 0 Å². The summed E-state index contributed by atoms with van der Waals surface area (Å²) in [6.45, 7) is 2.11. The Kier molecular flexibility index (Phi) is 7.54. The Bertz CT molecular complexity index is 2870. The van der Waals surface area contributed by atoms with E-state index in [1.165, 1.54) is 43.9 Å². The summed E-state index contributed by atoms with van der Waals surface area (Å²) in [7, 11) is 0. The van der Waals surface area contributed by atoms with Crippen LogP contribution in [-0.4, -0.2) is 0 Å². The summed E-state index contributed by atoms with van der Waals surface area (Å²) in [6, 6.07) is 61.5. The van der Waals surface area contributed by atoms with Crippen LogP contribution in [0.1, 0.15) is 23.5 Å². The zero-order valence-electron chi connectivity index (χ0n) is 29.5. The van der Waals surface area contributed by atoms with Gasteiger partial charge in [-0.05, 0) is 99.1 Å². The molecule has 0 bridgehead atoms. The van der Waals surface area contributed by atoms with Crippen LogP contribution < -0.4 is 4.90 Å². The number of hydrogen-bond donors (Lipinski definition) is 0. The second kappa shape index (κ2) is 12.8. The van der Waals surface area contributed by atoms with Gasteiger partial charge in [0.15, 0.2) is 0 Å². The highest BCUT2D eigenvalue weighted by Crippen LogP contribution is 2.40. The Morgan fingerprint density at radius 3 is 1.81 bits per heavy atom. The van der Waals surface area contributed by atoms with Crippen LogP contribution in [0.25, 0.3) is 65.7 Å². The third kappa shape index (κ3) is 5.60. The number of benzene rings is 8. The molecule has 0 aliphatic heterocycles. The molecule has 1 aliphatic rings. The normalized spacial score (nSPS) is 14.3. The van der Waals surface area contributed by atoms with Crippen molar-refractivity contribution in [2.24, 2.45) is 0 Å². The molecule has 1 atom stereocenters. The first-order valence-electron chi connectivity index (χ1n) is 18.4. The first kappa shape index (κ1) is 31.1. The van der Waals surface area contributed by atoms with Crippen molar-refractivity contribution in [3.8, 4) is 22.3 Å². The van der Waals surface area contributed by atoms with Gasteiger partial charge in [-0.1, -0.05) is 152 Å². The van der Waals surface area contributed by atoms with Gasteiger partial charge in [0.1, 0.15) is 11.2 Å². The Morgan fingerprint density at radius 1 is 0.509 bits per heavy atom. The first-order chi connectivity index (χ1) is 26.2. The van der Waals surface area contributed by atoms with Gasteiger partial charge >= 0.3 is 0 Å². The average molecular weight is 680 g/mol. The number of anilines is 2. The SMILES string of the molecule is Cc1cccc2c1oc1c(-c3ccc(N(C4=CCC(c5ccc6ccccc6c5)C=C4)c4ccc(-c5ccc6ccccc6c5)cc4)cc3)cccc12. The van der Waals surface area contributed by atoms with Gasteiger partial charge in [-0.15, -0.1) is 0 Å². The molecule has 2 heteroatoms. The van der Waals surface area contributed by atoms with Crippen LogP contribution in [0.4, 0.5) is 11.4 Å². The molecular formula is C51H37NO. The van der Waals surface area contributed by atoms with E-state index >= 15 is 0 Å². The van der Waals surface area contributed by atoms with Crippen molar-refractivity contribution in [1.82, 2.24) is 0 Å². The van der Waals surface area contributed by atoms with Gasteiger partial charge in [-0.2, -0.15) is 0 Å². The highest BCUT2D eigenvalue weighted by molar-refractivity contribution is 6.10. The standard InChI is InChI=1S/C51H37NO/c1-34-8-6-14-48-49-15-7-13-47(51(49)53-50(34)48)39-24-30-46(31-25-39)52(44-26-20-37(21-27-44)42-18-16-35-9-2-4-11-40(35)32-42)45-28-22-38(23-29-45)43-19-17-36-10-3-5-12-41(36)33-43/h2-22,24-33,38H,23H2,1H3. The van der Waals surface area contributed by atoms with E-state index in [0.717, 1.165) is 56.4 Å². The van der Waals surface area contributed by atoms with Crippen LogP contribution in [-0.2, 0) is 0 Å².